The molecule has 5 heteroatoms. The fourth-order valence-electron chi connectivity index (χ4n) is 0.969. The predicted molar refractivity (Wildman–Crippen MR) is 64.2 cm³/mol. The minimum Gasteiger partial charge on any atom is -0.350 e. The topological polar surface area (TPSA) is 67.5 Å². The molecule has 0 aliphatic rings. The number of hydrogen-bond acceptors (Lipinski definition) is 2. The fourth-order valence-corrected chi connectivity index (χ4v) is 1.74. The van der Waals surface area contributed by atoms with E-state index in [1.54, 1.807) is 6.21 Å². The lowest BCUT2D eigenvalue weighted by Gasteiger charge is -2.01. The van der Waals surface area contributed by atoms with Crippen LogP contribution in [0.3, 0.4) is 0 Å². The first-order valence-electron chi connectivity index (χ1n) is 3.95. The highest BCUT2D eigenvalue weighted by atomic mass is 127. The van der Waals surface area contributed by atoms with Gasteiger partial charge in [0.05, 0.1) is 6.21 Å². The van der Waals surface area contributed by atoms with Crippen LogP contribution < -0.4 is 11.2 Å². The van der Waals surface area contributed by atoms with Crippen LogP contribution >= 0.6 is 22.6 Å². The third-order valence-electron chi connectivity index (χ3n) is 1.64. The van der Waals surface area contributed by atoms with Crippen molar-refractivity contribution in [3.05, 3.63) is 32.9 Å². The molecule has 0 atom stereocenters. The number of urea groups is 1. The largest absolute Gasteiger partial charge is 0.350 e. The lowest BCUT2D eigenvalue weighted by Crippen LogP contribution is -2.24. The molecule has 2 amide bonds. The van der Waals surface area contributed by atoms with Gasteiger partial charge >= 0.3 is 6.03 Å². The highest BCUT2D eigenvalue weighted by molar-refractivity contribution is 14.1. The molecule has 0 spiro atoms. The quantitative estimate of drug-likeness (QED) is 0.486. The zero-order valence-electron chi connectivity index (χ0n) is 7.62. The van der Waals surface area contributed by atoms with Gasteiger partial charge in [0.1, 0.15) is 0 Å². The van der Waals surface area contributed by atoms with E-state index in [1.165, 1.54) is 0 Å². The molecule has 14 heavy (non-hydrogen) atoms. The Hall–Kier alpha value is -1.11. The molecular formula is C9H10IN3O. The van der Waals surface area contributed by atoms with Crippen molar-refractivity contribution in [2.75, 3.05) is 0 Å². The zero-order chi connectivity index (χ0) is 10.6. The summed E-state index contributed by atoms with van der Waals surface area (Å²) in [4.78, 5) is 10.4. The number of benzene rings is 1. The molecular weight excluding hydrogens is 293 g/mol. The van der Waals surface area contributed by atoms with E-state index >= 15 is 0 Å². The summed E-state index contributed by atoms with van der Waals surface area (Å²) in [5.74, 6) is 0. The smallest absolute Gasteiger partial charge is 0.332 e. The number of nitrogens with zero attached hydrogens (tertiary/aromatic N) is 1. The van der Waals surface area contributed by atoms with Crippen LogP contribution in [0.15, 0.2) is 23.3 Å². The number of carbonyl (C=O) groups excluding carboxylic acids is 1. The van der Waals surface area contributed by atoms with E-state index in [0.29, 0.717) is 0 Å². The summed E-state index contributed by atoms with van der Waals surface area (Å²) in [5.41, 5.74) is 9.11. The maximum atomic E-state index is 10.4. The maximum absolute atomic E-state index is 10.4. The van der Waals surface area contributed by atoms with Crippen molar-refractivity contribution in [1.29, 1.82) is 0 Å². The van der Waals surface area contributed by atoms with Crippen LogP contribution in [0.5, 0.6) is 0 Å². The summed E-state index contributed by atoms with van der Waals surface area (Å²) >= 11 is 2.21. The van der Waals surface area contributed by atoms with E-state index in [4.69, 9.17) is 5.73 Å². The molecule has 0 saturated heterocycles. The van der Waals surface area contributed by atoms with Crippen molar-refractivity contribution >= 4 is 34.8 Å². The van der Waals surface area contributed by atoms with Crippen molar-refractivity contribution in [1.82, 2.24) is 5.43 Å². The van der Waals surface area contributed by atoms with Gasteiger partial charge < -0.3 is 5.73 Å². The molecule has 0 aromatic heterocycles. The van der Waals surface area contributed by atoms with E-state index in [9.17, 15) is 4.79 Å². The third kappa shape index (κ3) is 2.99. The van der Waals surface area contributed by atoms with Gasteiger partial charge in [0.25, 0.3) is 0 Å². The average molecular weight is 303 g/mol. The van der Waals surface area contributed by atoms with E-state index in [-0.39, 0.29) is 0 Å². The standard InChI is InChI=1S/C9H10IN3O/c1-6-3-2-4-8(10)7(6)5-12-13-9(11)14/h2-5H,1H3,(H3,11,13,14). The van der Waals surface area contributed by atoms with E-state index < -0.39 is 6.03 Å². The van der Waals surface area contributed by atoms with Gasteiger partial charge in [-0.3, -0.25) is 0 Å². The lowest BCUT2D eigenvalue weighted by molar-refractivity contribution is 0.249. The number of hydrogen-bond donors (Lipinski definition) is 2. The SMILES string of the molecule is Cc1cccc(I)c1C=NNC(N)=O. The number of nitrogens with one attached hydrogen (secondary N) is 1. The summed E-state index contributed by atoms with van der Waals surface area (Å²) in [6.07, 6.45) is 1.59. The van der Waals surface area contributed by atoms with Crippen LogP contribution in [0.2, 0.25) is 0 Å². The molecule has 0 bridgehead atoms. The Bertz CT molecular complexity index is 356. The fraction of sp³-hybridized carbons (Fsp3) is 0.111. The monoisotopic (exact) mass is 303 g/mol. The Balaban J connectivity index is 2.85. The molecule has 3 N–H and O–H groups in total. The average Bonchev–Trinajstić information content (AvgIpc) is 2.09. The van der Waals surface area contributed by atoms with Gasteiger partial charge in [-0.15, -0.1) is 0 Å². The Labute approximate surface area is 95.7 Å². The van der Waals surface area contributed by atoms with Gasteiger partial charge in [-0.25, -0.2) is 10.2 Å². The van der Waals surface area contributed by atoms with Crippen LogP contribution in [0.1, 0.15) is 11.1 Å². The van der Waals surface area contributed by atoms with E-state index in [2.05, 4.69) is 33.1 Å². The van der Waals surface area contributed by atoms with Crippen molar-refractivity contribution < 1.29 is 4.79 Å². The summed E-state index contributed by atoms with van der Waals surface area (Å²) in [6, 6.07) is 5.26. The zero-order valence-corrected chi connectivity index (χ0v) is 9.78. The maximum Gasteiger partial charge on any atom is 0.332 e. The van der Waals surface area contributed by atoms with Crippen molar-refractivity contribution in [3.8, 4) is 0 Å². The van der Waals surface area contributed by atoms with Crippen LogP contribution in [0.4, 0.5) is 4.79 Å². The van der Waals surface area contributed by atoms with Crippen LogP contribution in [0, 0.1) is 10.5 Å². The first-order valence-corrected chi connectivity index (χ1v) is 5.03. The molecule has 0 unspecified atom stereocenters. The molecule has 1 aromatic carbocycles. The number of halogens is 1. The number of amides is 2. The minimum atomic E-state index is -0.662. The Morgan fingerprint density at radius 3 is 2.93 bits per heavy atom. The number of aryl methyl sites for hydroxylation is 1. The van der Waals surface area contributed by atoms with Gasteiger partial charge in [-0.1, -0.05) is 12.1 Å². The van der Waals surface area contributed by atoms with Gasteiger partial charge in [0, 0.05) is 9.13 Å². The van der Waals surface area contributed by atoms with Crippen molar-refractivity contribution in [2.24, 2.45) is 10.8 Å². The Morgan fingerprint density at radius 2 is 2.36 bits per heavy atom. The third-order valence-corrected chi connectivity index (χ3v) is 2.58. The highest BCUT2D eigenvalue weighted by Gasteiger charge is 1.99. The van der Waals surface area contributed by atoms with Crippen LogP contribution in [-0.4, -0.2) is 12.2 Å². The lowest BCUT2D eigenvalue weighted by atomic mass is 10.1. The molecule has 0 fully saturated rings. The molecule has 0 heterocycles. The highest BCUT2D eigenvalue weighted by Crippen LogP contribution is 2.13. The second-order valence-corrected chi connectivity index (χ2v) is 3.87. The van der Waals surface area contributed by atoms with Gasteiger partial charge in [0.15, 0.2) is 0 Å². The molecule has 0 radical (unpaired) electrons. The van der Waals surface area contributed by atoms with Crippen LogP contribution in [0.25, 0.3) is 0 Å². The summed E-state index contributed by atoms with van der Waals surface area (Å²) in [5, 5.41) is 3.71. The predicted octanol–water partition coefficient (Wildman–Crippen LogP) is 1.60. The van der Waals surface area contributed by atoms with Gasteiger partial charge in [-0.2, -0.15) is 5.10 Å². The molecule has 0 aliphatic carbocycles. The van der Waals surface area contributed by atoms with Crippen LogP contribution in [-0.2, 0) is 0 Å². The molecule has 0 aliphatic heterocycles. The Kier molecular flexibility index (Phi) is 3.87. The molecule has 4 nitrogen and oxygen atoms in total. The number of primary amides is 1. The number of carbonyl (C=O) groups is 1. The number of rotatable bonds is 2. The van der Waals surface area contributed by atoms with Gasteiger partial charge in [-0.05, 0) is 41.1 Å². The van der Waals surface area contributed by atoms with Crippen molar-refractivity contribution in [3.63, 3.8) is 0 Å². The number of hydrazone groups is 1. The molecule has 1 aromatic rings. The molecule has 74 valence electrons. The molecule has 1 rings (SSSR count). The number of nitrogens with two attached hydrogens (primary N) is 1. The second kappa shape index (κ2) is 4.94. The first kappa shape index (κ1) is 11.0. The van der Waals surface area contributed by atoms with Gasteiger partial charge in [0.2, 0.25) is 0 Å². The normalized spacial score (nSPS) is 10.4. The van der Waals surface area contributed by atoms with E-state index in [0.717, 1.165) is 14.7 Å². The summed E-state index contributed by atoms with van der Waals surface area (Å²) in [6.45, 7) is 1.98. The summed E-state index contributed by atoms with van der Waals surface area (Å²) in [7, 11) is 0. The van der Waals surface area contributed by atoms with Crippen molar-refractivity contribution in [2.45, 2.75) is 6.92 Å². The van der Waals surface area contributed by atoms with E-state index in [1.807, 2.05) is 25.1 Å². The Morgan fingerprint density at radius 1 is 1.64 bits per heavy atom. The minimum absolute atomic E-state index is 0.662. The second-order valence-electron chi connectivity index (χ2n) is 2.70. The molecule has 0 saturated carbocycles. The summed E-state index contributed by atoms with van der Waals surface area (Å²) < 4.78 is 1.08. The first-order chi connectivity index (χ1) is 6.61.